The summed E-state index contributed by atoms with van der Waals surface area (Å²) in [7, 11) is 0. The Labute approximate surface area is 103 Å². The van der Waals surface area contributed by atoms with Crippen molar-refractivity contribution in [3.8, 4) is 0 Å². The van der Waals surface area contributed by atoms with Crippen molar-refractivity contribution in [3.63, 3.8) is 0 Å². The lowest BCUT2D eigenvalue weighted by Crippen LogP contribution is -1.98. The molecule has 0 fully saturated rings. The number of benzene rings is 1. The van der Waals surface area contributed by atoms with Gasteiger partial charge in [0.2, 0.25) is 5.76 Å². The summed E-state index contributed by atoms with van der Waals surface area (Å²) in [6, 6.07) is 7.67. The molecule has 0 atom stereocenters. The van der Waals surface area contributed by atoms with Crippen LogP contribution in [0.4, 0.5) is 10.1 Å². The van der Waals surface area contributed by atoms with Crippen LogP contribution in [0.2, 0.25) is 0 Å². The number of hydrogen-bond acceptors (Lipinski definition) is 3. The van der Waals surface area contributed by atoms with Gasteiger partial charge in [-0.2, -0.15) is 0 Å². The smallest absolute Gasteiger partial charge is 0.372 e. The predicted octanol–water partition coefficient (Wildman–Crippen LogP) is 3.04. The van der Waals surface area contributed by atoms with Crippen LogP contribution < -0.4 is 5.32 Å². The van der Waals surface area contributed by atoms with Crippen molar-refractivity contribution < 1.29 is 18.7 Å². The largest absolute Gasteiger partial charge is 0.475 e. The van der Waals surface area contributed by atoms with Crippen molar-refractivity contribution in [3.05, 3.63) is 53.2 Å². The molecule has 1 aromatic heterocycles. The Hall–Kier alpha value is -2.30. The van der Waals surface area contributed by atoms with E-state index in [2.05, 4.69) is 5.32 Å². The van der Waals surface area contributed by atoms with Gasteiger partial charge in [-0.1, -0.05) is 6.07 Å². The molecule has 4 nitrogen and oxygen atoms in total. The van der Waals surface area contributed by atoms with Crippen LogP contribution in [0.5, 0.6) is 0 Å². The quantitative estimate of drug-likeness (QED) is 0.874. The Balaban J connectivity index is 2.06. The first kappa shape index (κ1) is 12.2. The van der Waals surface area contributed by atoms with Gasteiger partial charge in [0.05, 0.1) is 6.54 Å². The molecule has 2 aromatic rings. The Kier molecular flexibility index (Phi) is 3.32. The van der Waals surface area contributed by atoms with E-state index in [0.717, 1.165) is 0 Å². The monoisotopic (exact) mass is 249 g/mol. The van der Waals surface area contributed by atoms with Gasteiger partial charge in [0.25, 0.3) is 0 Å². The van der Waals surface area contributed by atoms with Gasteiger partial charge in [-0.25, -0.2) is 9.18 Å². The molecule has 0 saturated heterocycles. The van der Waals surface area contributed by atoms with Gasteiger partial charge in [-0.05, 0) is 31.2 Å². The maximum Gasteiger partial charge on any atom is 0.372 e. The summed E-state index contributed by atoms with van der Waals surface area (Å²) in [5.41, 5.74) is 1.18. The van der Waals surface area contributed by atoms with E-state index in [1.807, 2.05) is 0 Å². The Morgan fingerprint density at radius 2 is 2.22 bits per heavy atom. The van der Waals surface area contributed by atoms with Gasteiger partial charge in [0, 0.05) is 11.3 Å². The van der Waals surface area contributed by atoms with Crippen LogP contribution in [0, 0.1) is 12.7 Å². The number of carbonyl (C=O) groups is 1. The third kappa shape index (κ3) is 2.68. The summed E-state index contributed by atoms with van der Waals surface area (Å²) in [5.74, 6) is -0.994. The molecule has 0 aliphatic carbocycles. The average Bonchev–Trinajstić information content (AvgIpc) is 2.68. The lowest BCUT2D eigenvalue weighted by molar-refractivity contribution is 0.0659. The van der Waals surface area contributed by atoms with E-state index < -0.39 is 5.97 Å². The summed E-state index contributed by atoms with van der Waals surface area (Å²) in [6.45, 7) is 1.97. The van der Waals surface area contributed by atoms with E-state index in [1.54, 1.807) is 25.1 Å². The molecule has 2 N–H and O–H groups in total. The van der Waals surface area contributed by atoms with Crippen LogP contribution in [-0.2, 0) is 6.54 Å². The summed E-state index contributed by atoms with van der Waals surface area (Å²) in [6.07, 6.45) is 0. The van der Waals surface area contributed by atoms with Crippen molar-refractivity contribution >= 4 is 11.7 Å². The standard InChI is InChI=1S/C13H12FNO3/c1-8-5-11(18-12(8)13(16)17)7-15-10-4-2-3-9(14)6-10/h2-6,15H,7H2,1H3,(H,16,17). The van der Waals surface area contributed by atoms with Gasteiger partial charge in [-0.15, -0.1) is 0 Å². The number of carboxylic acids is 1. The van der Waals surface area contributed by atoms with Crippen LogP contribution in [-0.4, -0.2) is 11.1 Å². The molecule has 94 valence electrons. The zero-order valence-electron chi connectivity index (χ0n) is 9.74. The lowest BCUT2D eigenvalue weighted by Gasteiger charge is -2.03. The topological polar surface area (TPSA) is 62.5 Å². The minimum absolute atomic E-state index is 0.0638. The molecule has 0 spiro atoms. The van der Waals surface area contributed by atoms with Crippen molar-refractivity contribution in [2.45, 2.75) is 13.5 Å². The molecule has 0 amide bonds. The van der Waals surface area contributed by atoms with Crippen molar-refractivity contribution in [2.24, 2.45) is 0 Å². The molecule has 1 heterocycles. The fourth-order valence-corrected chi connectivity index (χ4v) is 1.64. The van der Waals surface area contributed by atoms with Gasteiger partial charge in [0.1, 0.15) is 11.6 Å². The van der Waals surface area contributed by atoms with Crippen molar-refractivity contribution in [1.82, 2.24) is 0 Å². The van der Waals surface area contributed by atoms with Gasteiger partial charge in [-0.3, -0.25) is 0 Å². The molecule has 0 aliphatic rings. The molecule has 0 aliphatic heterocycles. The fourth-order valence-electron chi connectivity index (χ4n) is 1.64. The van der Waals surface area contributed by atoms with E-state index in [9.17, 15) is 9.18 Å². The van der Waals surface area contributed by atoms with Crippen molar-refractivity contribution in [1.29, 1.82) is 0 Å². The number of rotatable bonds is 4. The SMILES string of the molecule is Cc1cc(CNc2cccc(F)c2)oc1C(=O)O. The normalized spacial score (nSPS) is 10.3. The van der Waals surface area contributed by atoms with Crippen LogP contribution in [0.1, 0.15) is 21.9 Å². The molecule has 2 rings (SSSR count). The van der Waals surface area contributed by atoms with E-state index in [-0.39, 0.29) is 11.6 Å². The van der Waals surface area contributed by atoms with Crippen molar-refractivity contribution in [2.75, 3.05) is 5.32 Å². The van der Waals surface area contributed by atoms with E-state index in [1.165, 1.54) is 12.1 Å². The number of anilines is 1. The number of nitrogens with one attached hydrogen (secondary N) is 1. The highest BCUT2D eigenvalue weighted by Gasteiger charge is 2.13. The second kappa shape index (κ2) is 4.91. The Bertz CT molecular complexity index is 577. The van der Waals surface area contributed by atoms with Gasteiger partial charge >= 0.3 is 5.97 Å². The highest BCUT2D eigenvalue weighted by Crippen LogP contribution is 2.16. The van der Waals surface area contributed by atoms with E-state index >= 15 is 0 Å². The maximum absolute atomic E-state index is 12.9. The zero-order chi connectivity index (χ0) is 13.1. The number of furan rings is 1. The average molecular weight is 249 g/mol. The highest BCUT2D eigenvalue weighted by atomic mass is 19.1. The first-order chi connectivity index (χ1) is 8.56. The Morgan fingerprint density at radius 1 is 1.44 bits per heavy atom. The molecular weight excluding hydrogens is 237 g/mol. The minimum Gasteiger partial charge on any atom is -0.475 e. The third-order valence-electron chi connectivity index (χ3n) is 2.45. The van der Waals surface area contributed by atoms with E-state index in [0.29, 0.717) is 23.6 Å². The molecule has 0 unspecified atom stereocenters. The number of carboxylic acid groups (broad SMARTS) is 1. The third-order valence-corrected chi connectivity index (χ3v) is 2.45. The summed E-state index contributed by atoms with van der Waals surface area (Å²) < 4.78 is 18.1. The molecule has 0 radical (unpaired) electrons. The Morgan fingerprint density at radius 3 is 2.83 bits per heavy atom. The fraction of sp³-hybridized carbons (Fsp3) is 0.154. The number of aryl methyl sites for hydroxylation is 1. The zero-order valence-corrected chi connectivity index (χ0v) is 9.74. The van der Waals surface area contributed by atoms with Crippen LogP contribution >= 0.6 is 0 Å². The second-order valence-electron chi connectivity index (χ2n) is 3.89. The summed E-state index contributed by atoms with van der Waals surface area (Å²) >= 11 is 0. The number of halogens is 1. The molecule has 1 aromatic carbocycles. The molecule has 18 heavy (non-hydrogen) atoms. The first-order valence-corrected chi connectivity index (χ1v) is 5.38. The summed E-state index contributed by atoms with van der Waals surface area (Å²) in [4.78, 5) is 10.8. The predicted molar refractivity (Wildman–Crippen MR) is 64.1 cm³/mol. The molecule has 0 saturated carbocycles. The van der Waals surface area contributed by atoms with E-state index in [4.69, 9.17) is 9.52 Å². The minimum atomic E-state index is -1.09. The van der Waals surface area contributed by atoms with Crippen LogP contribution in [0.15, 0.2) is 34.7 Å². The highest BCUT2D eigenvalue weighted by molar-refractivity contribution is 5.86. The lowest BCUT2D eigenvalue weighted by atomic mass is 10.2. The molecular formula is C13H12FNO3. The molecule has 0 bridgehead atoms. The maximum atomic E-state index is 12.9. The number of aromatic carboxylic acids is 1. The van der Waals surface area contributed by atoms with Crippen LogP contribution in [0.3, 0.4) is 0 Å². The van der Waals surface area contributed by atoms with Gasteiger partial charge < -0.3 is 14.8 Å². The first-order valence-electron chi connectivity index (χ1n) is 5.38. The summed E-state index contributed by atoms with van der Waals surface area (Å²) in [5, 5.41) is 11.8. The molecule has 5 heteroatoms. The number of hydrogen-bond donors (Lipinski definition) is 2. The van der Waals surface area contributed by atoms with Crippen LogP contribution in [0.25, 0.3) is 0 Å². The second-order valence-corrected chi connectivity index (χ2v) is 3.89. The van der Waals surface area contributed by atoms with Gasteiger partial charge in [0.15, 0.2) is 0 Å².